The van der Waals surface area contributed by atoms with E-state index in [0.717, 1.165) is 30.9 Å². The van der Waals surface area contributed by atoms with Gasteiger partial charge in [-0.3, -0.25) is 10.1 Å². The number of aromatic nitrogens is 3. The number of piperidine rings is 1. The van der Waals surface area contributed by atoms with Crippen LogP contribution in [0, 0.1) is 0 Å². The lowest BCUT2D eigenvalue weighted by atomic mass is 9.95. The van der Waals surface area contributed by atoms with Gasteiger partial charge >= 0.3 is 5.69 Å². The molecule has 7 nitrogen and oxygen atoms in total. The highest BCUT2D eigenvalue weighted by molar-refractivity contribution is 5.85. The number of carbonyl (C=O) groups excluding carboxylic acids is 1. The van der Waals surface area contributed by atoms with Crippen LogP contribution in [0.5, 0.6) is 0 Å². The van der Waals surface area contributed by atoms with Crippen LogP contribution in [0.3, 0.4) is 0 Å². The third kappa shape index (κ3) is 3.45. The average Bonchev–Trinajstić information content (AvgIpc) is 3.32. The van der Waals surface area contributed by atoms with Gasteiger partial charge in [0.1, 0.15) is 11.9 Å². The van der Waals surface area contributed by atoms with Gasteiger partial charge in [0.2, 0.25) is 5.91 Å². The molecule has 0 spiro atoms. The molecule has 4 rings (SSSR count). The summed E-state index contributed by atoms with van der Waals surface area (Å²) in [5.41, 5.74) is 0.593. The Bertz CT molecular complexity index is 837. The quantitative estimate of drug-likeness (QED) is 0.790. The number of H-pyrrole nitrogens is 1. The van der Waals surface area contributed by atoms with Crippen molar-refractivity contribution in [3.8, 4) is 5.69 Å². The number of amides is 1. The molecule has 8 heteroatoms. The summed E-state index contributed by atoms with van der Waals surface area (Å²) in [6, 6.07) is 9.34. The molecule has 1 unspecified atom stereocenters. The van der Waals surface area contributed by atoms with Crippen molar-refractivity contribution in [1.82, 2.24) is 25.0 Å². The van der Waals surface area contributed by atoms with E-state index in [2.05, 4.69) is 15.5 Å². The van der Waals surface area contributed by atoms with Gasteiger partial charge in [-0.15, -0.1) is 12.4 Å². The number of rotatable bonds is 3. The van der Waals surface area contributed by atoms with E-state index in [1.807, 2.05) is 47.4 Å². The lowest BCUT2D eigenvalue weighted by Crippen LogP contribution is -2.46. The number of nitrogens with zero attached hydrogens (tertiary/aromatic N) is 3. The van der Waals surface area contributed by atoms with Gasteiger partial charge in [-0.2, -0.15) is 5.10 Å². The molecule has 1 fully saturated rings. The average molecular weight is 376 g/mol. The SMILES string of the molecule is Cl.O=C(C1C=CCN1)N1CCC(c2n[nH]c(=O)n2-c2ccccc2)CC1. The van der Waals surface area contributed by atoms with Gasteiger partial charge in [0.15, 0.2) is 0 Å². The minimum absolute atomic E-state index is 0. The highest BCUT2D eigenvalue weighted by atomic mass is 35.5. The summed E-state index contributed by atoms with van der Waals surface area (Å²) in [5.74, 6) is 1.05. The summed E-state index contributed by atoms with van der Waals surface area (Å²) in [4.78, 5) is 26.6. The predicted octanol–water partition coefficient (Wildman–Crippen LogP) is 1.22. The van der Waals surface area contributed by atoms with Crippen LogP contribution in [0.1, 0.15) is 24.6 Å². The van der Waals surface area contributed by atoms with E-state index >= 15 is 0 Å². The lowest BCUT2D eigenvalue weighted by Gasteiger charge is -2.33. The number of likely N-dealkylation sites (tertiary alicyclic amines) is 1. The molecule has 1 aromatic carbocycles. The minimum atomic E-state index is -0.222. The first-order valence-electron chi connectivity index (χ1n) is 8.65. The molecule has 2 aliphatic heterocycles. The van der Waals surface area contributed by atoms with E-state index in [1.54, 1.807) is 4.57 Å². The first-order valence-corrected chi connectivity index (χ1v) is 8.65. The molecule has 1 saturated heterocycles. The van der Waals surface area contributed by atoms with E-state index in [-0.39, 0.29) is 36.0 Å². The molecule has 0 bridgehead atoms. The Morgan fingerprint density at radius 1 is 1.15 bits per heavy atom. The smallest absolute Gasteiger partial charge is 0.341 e. The minimum Gasteiger partial charge on any atom is -0.341 e. The molecule has 0 saturated carbocycles. The van der Waals surface area contributed by atoms with Gasteiger partial charge < -0.3 is 4.90 Å². The van der Waals surface area contributed by atoms with Gasteiger partial charge in [0.25, 0.3) is 0 Å². The Kier molecular flexibility index (Phi) is 5.58. The number of carbonyl (C=O) groups is 1. The first-order chi connectivity index (χ1) is 12.2. The highest BCUT2D eigenvalue weighted by Gasteiger charge is 2.30. The Hall–Kier alpha value is -2.38. The van der Waals surface area contributed by atoms with E-state index < -0.39 is 0 Å². The van der Waals surface area contributed by atoms with Crippen molar-refractivity contribution in [2.24, 2.45) is 0 Å². The molecule has 1 amide bonds. The van der Waals surface area contributed by atoms with Crippen LogP contribution < -0.4 is 11.0 Å². The van der Waals surface area contributed by atoms with Gasteiger partial charge in [0.05, 0.1) is 5.69 Å². The van der Waals surface area contributed by atoms with E-state index in [4.69, 9.17) is 0 Å². The number of benzene rings is 1. The normalized spacial score (nSPS) is 20.2. The second kappa shape index (κ2) is 7.88. The molecule has 3 heterocycles. The zero-order valence-corrected chi connectivity index (χ0v) is 15.1. The number of para-hydroxylation sites is 1. The van der Waals surface area contributed by atoms with Crippen LogP contribution in [-0.4, -0.2) is 51.2 Å². The molecule has 0 radical (unpaired) electrons. The summed E-state index contributed by atoms with van der Waals surface area (Å²) in [6.45, 7) is 2.13. The van der Waals surface area contributed by atoms with Crippen LogP contribution in [-0.2, 0) is 4.79 Å². The number of hydrogen-bond acceptors (Lipinski definition) is 4. The van der Waals surface area contributed by atoms with Crippen molar-refractivity contribution in [2.45, 2.75) is 24.8 Å². The maximum atomic E-state index is 12.5. The highest BCUT2D eigenvalue weighted by Crippen LogP contribution is 2.27. The first kappa shape index (κ1) is 18.4. The number of halogens is 1. The third-order valence-electron chi connectivity index (χ3n) is 4.93. The van der Waals surface area contributed by atoms with Crippen LogP contribution >= 0.6 is 12.4 Å². The van der Waals surface area contributed by atoms with Crippen molar-refractivity contribution < 1.29 is 4.79 Å². The largest absolute Gasteiger partial charge is 0.347 e. The fourth-order valence-electron chi connectivity index (χ4n) is 3.60. The Labute approximate surface area is 157 Å². The monoisotopic (exact) mass is 375 g/mol. The van der Waals surface area contributed by atoms with E-state index in [1.165, 1.54) is 0 Å². The molecule has 1 atom stereocenters. The van der Waals surface area contributed by atoms with Crippen molar-refractivity contribution >= 4 is 18.3 Å². The molecule has 2 aliphatic rings. The number of aromatic amines is 1. The second-order valence-electron chi connectivity index (χ2n) is 6.47. The Balaban J connectivity index is 0.00000196. The second-order valence-corrected chi connectivity index (χ2v) is 6.47. The Morgan fingerprint density at radius 2 is 1.88 bits per heavy atom. The van der Waals surface area contributed by atoms with Gasteiger partial charge in [-0.05, 0) is 25.0 Å². The molecule has 2 N–H and O–H groups in total. The summed E-state index contributed by atoms with van der Waals surface area (Å²) >= 11 is 0. The summed E-state index contributed by atoms with van der Waals surface area (Å²) in [6.07, 6.45) is 5.52. The fraction of sp³-hybridized carbons (Fsp3) is 0.389. The van der Waals surface area contributed by atoms with Crippen molar-refractivity contribution in [2.75, 3.05) is 19.6 Å². The molecule has 138 valence electrons. The van der Waals surface area contributed by atoms with Crippen LogP contribution in [0.4, 0.5) is 0 Å². The van der Waals surface area contributed by atoms with E-state index in [0.29, 0.717) is 13.1 Å². The summed E-state index contributed by atoms with van der Waals surface area (Å²) in [5, 5.41) is 10.00. The van der Waals surface area contributed by atoms with Gasteiger partial charge in [-0.25, -0.2) is 14.5 Å². The summed E-state index contributed by atoms with van der Waals surface area (Å²) in [7, 11) is 0. The Morgan fingerprint density at radius 3 is 2.54 bits per heavy atom. The van der Waals surface area contributed by atoms with Gasteiger partial charge in [0, 0.05) is 25.6 Å². The zero-order chi connectivity index (χ0) is 17.2. The van der Waals surface area contributed by atoms with Crippen molar-refractivity contribution in [3.63, 3.8) is 0 Å². The maximum absolute atomic E-state index is 12.5. The summed E-state index contributed by atoms with van der Waals surface area (Å²) < 4.78 is 1.64. The molecule has 1 aromatic heterocycles. The molecular formula is C18H22ClN5O2. The van der Waals surface area contributed by atoms with Crippen molar-refractivity contribution in [3.05, 3.63) is 58.8 Å². The fourth-order valence-corrected chi connectivity index (χ4v) is 3.60. The topological polar surface area (TPSA) is 83.0 Å². The van der Waals surface area contributed by atoms with E-state index in [9.17, 15) is 9.59 Å². The molecule has 2 aromatic rings. The molecule has 26 heavy (non-hydrogen) atoms. The predicted molar refractivity (Wildman–Crippen MR) is 101 cm³/mol. The zero-order valence-electron chi connectivity index (χ0n) is 14.3. The molecule has 0 aliphatic carbocycles. The maximum Gasteiger partial charge on any atom is 0.347 e. The van der Waals surface area contributed by atoms with Gasteiger partial charge in [-0.1, -0.05) is 30.4 Å². The van der Waals surface area contributed by atoms with Crippen LogP contribution in [0.15, 0.2) is 47.3 Å². The third-order valence-corrected chi connectivity index (χ3v) is 4.93. The standard InChI is InChI=1S/C18H21N5O2.ClH/c24-17(15-7-4-10-19-15)22-11-8-13(9-12-22)16-20-21-18(25)23(16)14-5-2-1-3-6-14;/h1-7,13,15,19H,8-12H2,(H,21,25);1H. The van der Waals surface area contributed by atoms with Crippen LogP contribution in [0.25, 0.3) is 5.69 Å². The number of nitrogens with one attached hydrogen (secondary N) is 2. The van der Waals surface area contributed by atoms with Crippen molar-refractivity contribution in [1.29, 1.82) is 0 Å². The lowest BCUT2D eigenvalue weighted by molar-refractivity contribution is -0.133. The van der Waals surface area contributed by atoms with Crippen LogP contribution in [0.2, 0.25) is 0 Å². The molecular weight excluding hydrogens is 354 g/mol. The number of hydrogen-bond donors (Lipinski definition) is 2.